The highest BCUT2D eigenvalue weighted by Crippen LogP contribution is 2.28. The number of esters is 1. The topological polar surface area (TPSA) is 93.7 Å². The molecule has 154 valence electrons. The van der Waals surface area contributed by atoms with Crippen LogP contribution >= 0.6 is 0 Å². The van der Waals surface area contributed by atoms with Crippen LogP contribution in [0.1, 0.15) is 53.5 Å². The van der Waals surface area contributed by atoms with E-state index < -0.39 is 35.2 Å². The van der Waals surface area contributed by atoms with Gasteiger partial charge in [0.05, 0.1) is 0 Å². The van der Waals surface area contributed by atoms with Crippen molar-refractivity contribution >= 4 is 23.7 Å². The van der Waals surface area contributed by atoms with Gasteiger partial charge in [0.2, 0.25) is 5.91 Å². The lowest BCUT2D eigenvalue weighted by Gasteiger charge is -2.30. The third-order valence-corrected chi connectivity index (χ3v) is 4.01. The third kappa shape index (κ3) is 6.55. The van der Waals surface area contributed by atoms with E-state index in [0.29, 0.717) is 6.42 Å². The molecule has 0 aliphatic carbocycles. The van der Waals surface area contributed by atoms with E-state index in [2.05, 4.69) is 10.6 Å². The molecule has 28 heavy (non-hydrogen) atoms. The Morgan fingerprint density at radius 1 is 1.11 bits per heavy atom. The van der Waals surface area contributed by atoms with E-state index >= 15 is 0 Å². The first-order valence-electron chi connectivity index (χ1n) is 9.45. The molecule has 2 amide bonds. The van der Waals surface area contributed by atoms with Gasteiger partial charge in [0.1, 0.15) is 17.2 Å². The van der Waals surface area contributed by atoms with E-state index in [4.69, 9.17) is 9.47 Å². The number of para-hydroxylation sites is 1. The first-order valence-corrected chi connectivity index (χ1v) is 9.45. The van der Waals surface area contributed by atoms with Crippen LogP contribution in [0.25, 0.3) is 0 Å². The summed E-state index contributed by atoms with van der Waals surface area (Å²) < 4.78 is 10.7. The molecule has 1 aliphatic heterocycles. The number of carbonyl (C=O) groups is 3. The lowest BCUT2D eigenvalue weighted by atomic mass is 9.88. The molecule has 7 nitrogen and oxygen atoms in total. The predicted molar refractivity (Wildman–Crippen MR) is 106 cm³/mol. The van der Waals surface area contributed by atoms with Crippen molar-refractivity contribution in [2.45, 2.75) is 71.6 Å². The smallest absolute Gasteiger partial charge is 0.408 e. The van der Waals surface area contributed by atoms with Crippen LogP contribution in [0.15, 0.2) is 24.3 Å². The number of anilines is 1. The van der Waals surface area contributed by atoms with Crippen LogP contribution in [0.3, 0.4) is 0 Å². The molecule has 0 fully saturated rings. The first kappa shape index (κ1) is 21.7. The number of alkyl carbamates (subject to hydrolysis) is 1. The lowest BCUT2D eigenvalue weighted by molar-refractivity contribution is -0.158. The molecule has 2 N–H and O–H groups in total. The van der Waals surface area contributed by atoms with E-state index in [0.717, 1.165) is 11.3 Å². The van der Waals surface area contributed by atoms with E-state index in [1.54, 1.807) is 41.5 Å². The number of hydrogen-bond acceptors (Lipinski definition) is 5. The highest BCUT2D eigenvalue weighted by molar-refractivity contribution is 5.96. The molecule has 1 unspecified atom stereocenters. The van der Waals surface area contributed by atoms with Crippen molar-refractivity contribution in [1.29, 1.82) is 0 Å². The van der Waals surface area contributed by atoms with Crippen LogP contribution in [0.2, 0.25) is 0 Å². The fourth-order valence-electron chi connectivity index (χ4n) is 2.92. The Labute approximate surface area is 166 Å². The molecule has 2 atom stereocenters. The fraction of sp³-hybridized carbons (Fsp3) is 0.571. The summed E-state index contributed by atoms with van der Waals surface area (Å²) in [5.74, 6) is -1.24. The van der Waals surface area contributed by atoms with Gasteiger partial charge in [-0.3, -0.25) is 4.79 Å². The third-order valence-electron chi connectivity index (χ3n) is 4.01. The summed E-state index contributed by atoms with van der Waals surface area (Å²) in [6.45, 7) is 10.5. The largest absolute Gasteiger partial charge is 0.458 e. The zero-order chi connectivity index (χ0) is 21.1. The van der Waals surface area contributed by atoms with Crippen molar-refractivity contribution < 1.29 is 23.9 Å². The number of amides is 2. The number of nitrogens with one attached hydrogen (secondary N) is 2. The maximum atomic E-state index is 12.7. The minimum atomic E-state index is -0.991. The van der Waals surface area contributed by atoms with Gasteiger partial charge in [-0.15, -0.1) is 0 Å². The summed E-state index contributed by atoms with van der Waals surface area (Å²) in [6, 6.07) is 6.54. The van der Waals surface area contributed by atoms with Crippen LogP contribution in [0.4, 0.5) is 10.5 Å². The number of rotatable bonds is 4. The van der Waals surface area contributed by atoms with E-state index in [1.807, 2.05) is 24.3 Å². The molecule has 0 spiro atoms. The molecule has 0 saturated heterocycles. The molecule has 1 aliphatic rings. The van der Waals surface area contributed by atoms with Crippen LogP contribution in [-0.2, 0) is 25.5 Å². The second kappa shape index (κ2) is 8.20. The quantitative estimate of drug-likeness (QED) is 0.769. The molecular formula is C21H30N2O5. The molecule has 1 heterocycles. The number of benzene rings is 1. The summed E-state index contributed by atoms with van der Waals surface area (Å²) in [7, 11) is 0. The maximum Gasteiger partial charge on any atom is 0.408 e. The second-order valence-electron chi connectivity index (χ2n) is 9.02. The monoisotopic (exact) mass is 390 g/mol. The van der Waals surface area contributed by atoms with Gasteiger partial charge < -0.3 is 20.1 Å². The molecule has 0 aromatic heterocycles. The van der Waals surface area contributed by atoms with Crippen molar-refractivity contribution in [2.24, 2.45) is 5.92 Å². The number of hydrogen-bond donors (Lipinski definition) is 2. The van der Waals surface area contributed by atoms with Crippen molar-refractivity contribution in [3.05, 3.63) is 29.8 Å². The van der Waals surface area contributed by atoms with E-state index in [9.17, 15) is 14.4 Å². The minimum absolute atomic E-state index is 0.119. The molecule has 2 rings (SSSR count). The van der Waals surface area contributed by atoms with E-state index in [1.165, 1.54) is 0 Å². The van der Waals surface area contributed by atoms with Gasteiger partial charge in [0.15, 0.2) is 0 Å². The number of ether oxygens (including phenoxy) is 2. The lowest BCUT2D eigenvalue weighted by Crippen LogP contribution is -2.48. The molecular weight excluding hydrogens is 360 g/mol. The Kier molecular flexibility index (Phi) is 6.37. The highest BCUT2D eigenvalue weighted by Gasteiger charge is 2.35. The summed E-state index contributed by atoms with van der Waals surface area (Å²) in [5, 5.41) is 5.43. The van der Waals surface area contributed by atoms with Gasteiger partial charge in [-0.25, -0.2) is 9.59 Å². The normalized spacial score (nSPS) is 17.8. The van der Waals surface area contributed by atoms with Gasteiger partial charge >= 0.3 is 12.1 Å². The second-order valence-corrected chi connectivity index (χ2v) is 9.02. The Balaban J connectivity index is 2.15. The first-order chi connectivity index (χ1) is 12.8. The van der Waals surface area contributed by atoms with Crippen molar-refractivity contribution in [3.8, 4) is 0 Å². The van der Waals surface area contributed by atoms with Crippen LogP contribution in [0.5, 0.6) is 0 Å². The minimum Gasteiger partial charge on any atom is -0.458 e. The molecule has 1 aromatic carbocycles. The zero-order valence-electron chi connectivity index (χ0n) is 17.4. The average molecular weight is 390 g/mol. The van der Waals surface area contributed by atoms with Crippen molar-refractivity contribution in [1.82, 2.24) is 5.32 Å². The Bertz CT molecular complexity index is 746. The summed E-state index contributed by atoms with van der Waals surface area (Å²) in [4.78, 5) is 37.4. The van der Waals surface area contributed by atoms with E-state index in [-0.39, 0.29) is 12.3 Å². The average Bonchev–Trinajstić information content (AvgIpc) is 2.51. The van der Waals surface area contributed by atoms with Crippen LogP contribution in [-0.4, -0.2) is 35.2 Å². The molecule has 0 saturated carbocycles. The summed E-state index contributed by atoms with van der Waals surface area (Å²) >= 11 is 0. The summed E-state index contributed by atoms with van der Waals surface area (Å²) in [5.41, 5.74) is 0.348. The highest BCUT2D eigenvalue weighted by atomic mass is 16.6. The maximum absolute atomic E-state index is 12.7. The van der Waals surface area contributed by atoms with Gasteiger partial charge in [-0.1, -0.05) is 18.2 Å². The van der Waals surface area contributed by atoms with Gasteiger partial charge in [0, 0.05) is 11.6 Å². The van der Waals surface area contributed by atoms with Crippen molar-refractivity contribution in [3.63, 3.8) is 0 Å². The van der Waals surface area contributed by atoms with Gasteiger partial charge in [0.25, 0.3) is 0 Å². The van der Waals surface area contributed by atoms with Crippen LogP contribution in [0, 0.1) is 5.92 Å². The number of fused-ring (bicyclic) bond motifs is 1. The molecule has 0 bridgehead atoms. The van der Waals surface area contributed by atoms with Crippen molar-refractivity contribution in [2.75, 3.05) is 5.32 Å². The molecule has 1 aromatic rings. The fourth-order valence-corrected chi connectivity index (χ4v) is 2.92. The van der Waals surface area contributed by atoms with Gasteiger partial charge in [-0.05, 0) is 66.0 Å². The SMILES string of the molecule is CC(C)(C)OC(=O)N[C@@H](CC1Cc2ccccc2NC1=O)C(=O)OC(C)(C)C. The van der Waals surface area contributed by atoms with Crippen LogP contribution < -0.4 is 10.6 Å². The Morgan fingerprint density at radius 2 is 1.71 bits per heavy atom. The molecule has 7 heteroatoms. The Morgan fingerprint density at radius 3 is 2.32 bits per heavy atom. The molecule has 0 radical (unpaired) electrons. The Hall–Kier alpha value is -2.57. The zero-order valence-corrected chi connectivity index (χ0v) is 17.4. The van der Waals surface area contributed by atoms with Gasteiger partial charge in [-0.2, -0.15) is 0 Å². The predicted octanol–water partition coefficient (Wildman–Crippen LogP) is 3.42. The standard InChI is InChI=1S/C21H30N2O5/c1-20(2,3)27-18(25)16(23-19(26)28-21(4,5)6)12-14-11-13-9-7-8-10-15(13)22-17(14)24/h7-10,14,16H,11-12H2,1-6H3,(H,22,24)(H,23,26)/t14?,16-/m0/s1. The summed E-state index contributed by atoms with van der Waals surface area (Å²) in [6.07, 6.45) is -0.119. The number of carbonyl (C=O) groups excluding carboxylic acids is 3.